The maximum absolute atomic E-state index is 7.38. The lowest BCUT2D eigenvalue weighted by Crippen LogP contribution is -2.28. The van der Waals surface area contributed by atoms with Gasteiger partial charge in [0.25, 0.3) is 0 Å². The van der Waals surface area contributed by atoms with Crippen molar-refractivity contribution in [1.29, 1.82) is 10.8 Å². The Labute approximate surface area is 190 Å². The predicted molar refractivity (Wildman–Crippen MR) is 130 cm³/mol. The summed E-state index contributed by atoms with van der Waals surface area (Å²) in [7, 11) is 0. The SMILES string of the molecule is N=C(N)c1ccc(OCCCCNCCNCCCCOc2ccc(C(=N)N)cc2)cc1. The summed E-state index contributed by atoms with van der Waals surface area (Å²) in [4.78, 5) is 0. The molecule has 32 heavy (non-hydrogen) atoms. The molecule has 174 valence electrons. The van der Waals surface area contributed by atoms with Crippen LogP contribution in [0, 0.1) is 10.8 Å². The molecule has 0 aliphatic rings. The minimum atomic E-state index is 0.0695. The van der Waals surface area contributed by atoms with Gasteiger partial charge in [0, 0.05) is 24.2 Å². The largest absolute Gasteiger partial charge is 0.494 e. The number of ether oxygens (including phenoxy) is 2. The van der Waals surface area contributed by atoms with Crippen LogP contribution in [0.4, 0.5) is 0 Å². The van der Waals surface area contributed by atoms with E-state index in [1.165, 1.54) is 0 Å². The number of nitrogens with two attached hydrogens (primary N) is 2. The van der Waals surface area contributed by atoms with E-state index < -0.39 is 0 Å². The van der Waals surface area contributed by atoms with E-state index in [0.717, 1.165) is 63.4 Å². The number of nitrogen functional groups attached to an aromatic ring is 2. The van der Waals surface area contributed by atoms with Crippen LogP contribution in [0.25, 0.3) is 0 Å². The third kappa shape index (κ3) is 10.3. The summed E-state index contributed by atoms with van der Waals surface area (Å²) in [6.45, 7) is 5.22. The first-order valence-corrected chi connectivity index (χ1v) is 11.1. The zero-order chi connectivity index (χ0) is 23.0. The van der Waals surface area contributed by atoms with Gasteiger partial charge in [-0.25, -0.2) is 0 Å². The number of nitrogens with one attached hydrogen (secondary N) is 4. The van der Waals surface area contributed by atoms with Gasteiger partial charge in [-0.2, -0.15) is 0 Å². The molecule has 0 aliphatic heterocycles. The van der Waals surface area contributed by atoms with Gasteiger partial charge in [0.1, 0.15) is 23.2 Å². The maximum Gasteiger partial charge on any atom is 0.122 e. The standard InChI is InChI=1S/C24H36N6O2/c25-23(26)19-5-9-21(10-6-19)31-17-3-1-13-29-15-16-30-14-2-4-18-32-22-11-7-20(8-12-22)24(27)28/h5-12,29-30H,1-4,13-18H2,(H3,25,26)(H3,27,28). The number of rotatable bonds is 17. The molecule has 0 spiro atoms. The lowest BCUT2D eigenvalue weighted by Gasteiger charge is -2.09. The van der Waals surface area contributed by atoms with E-state index in [0.29, 0.717) is 24.3 Å². The lowest BCUT2D eigenvalue weighted by atomic mass is 10.2. The predicted octanol–water partition coefficient (Wildman–Crippen LogP) is 2.45. The van der Waals surface area contributed by atoms with Crippen LogP contribution in [-0.2, 0) is 0 Å². The Morgan fingerprint density at radius 1 is 0.594 bits per heavy atom. The van der Waals surface area contributed by atoms with E-state index in [1.54, 1.807) is 24.3 Å². The first kappa shape index (κ1) is 25.2. The van der Waals surface area contributed by atoms with Crippen LogP contribution >= 0.6 is 0 Å². The fourth-order valence-electron chi connectivity index (χ4n) is 2.97. The van der Waals surface area contributed by atoms with Crippen LogP contribution in [0.15, 0.2) is 48.5 Å². The molecule has 2 aromatic carbocycles. The Morgan fingerprint density at radius 3 is 1.31 bits per heavy atom. The minimum absolute atomic E-state index is 0.0695. The van der Waals surface area contributed by atoms with Gasteiger partial charge in [0.15, 0.2) is 0 Å². The Hall–Kier alpha value is -3.10. The van der Waals surface area contributed by atoms with Crippen molar-refractivity contribution in [3.8, 4) is 11.5 Å². The monoisotopic (exact) mass is 440 g/mol. The van der Waals surface area contributed by atoms with E-state index in [9.17, 15) is 0 Å². The van der Waals surface area contributed by atoms with Crippen molar-refractivity contribution in [3.63, 3.8) is 0 Å². The van der Waals surface area contributed by atoms with Crippen molar-refractivity contribution in [2.75, 3.05) is 39.4 Å². The average molecular weight is 441 g/mol. The van der Waals surface area contributed by atoms with Crippen LogP contribution in [0.2, 0.25) is 0 Å². The summed E-state index contributed by atoms with van der Waals surface area (Å²) in [5.74, 6) is 1.76. The van der Waals surface area contributed by atoms with Gasteiger partial charge in [0.2, 0.25) is 0 Å². The summed E-state index contributed by atoms with van der Waals surface area (Å²) in [6.07, 6.45) is 4.12. The molecule has 2 rings (SSSR count). The molecule has 0 aliphatic carbocycles. The first-order chi connectivity index (χ1) is 15.6. The van der Waals surface area contributed by atoms with Gasteiger partial charge in [-0.1, -0.05) is 0 Å². The van der Waals surface area contributed by atoms with Gasteiger partial charge >= 0.3 is 0 Å². The van der Waals surface area contributed by atoms with Crippen LogP contribution in [0.1, 0.15) is 36.8 Å². The summed E-state index contributed by atoms with van der Waals surface area (Å²) in [6, 6.07) is 14.6. The van der Waals surface area contributed by atoms with Crippen LogP contribution in [-0.4, -0.2) is 51.1 Å². The van der Waals surface area contributed by atoms with E-state index in [4.69, 9.17) is 31.8 Å². The van der Waals surface area contributed by atoms with Gasteiger partial charge in [-0.15, -0.1) is 0 Å². The van der Waals surface area contributed by atoms with Crippen LogP contribution in [0.3, 0.4) is 0 Å². The third-order valence-corrected chi connectivity index (χ3v) is 4.84. The molecule has 0 saturated heterocycles. The number of amidine groups is 2. The van der Waals surface area contributed by atoms with Gasteiger partial charge in [0.05, 0.1) is 13.2 Å². The molecule has 0 aromatic heterocycles. The highest BCUT2D eigenvalue weighted by Gasteiger charge is 1.99. The van der Waals surface area contributed by atoms with Crippen LogP contribution in [0.5, 0.6) is 11.5 Å². The highest BCUT2D eigenvalue weighted by Crippen LogP contribution is 2.13. The Kier molecular flexibility index (Phi) is 11.7. The quantitative estimate of drug-likeness (QED) is 0.127. The zero-order valence-corrected chi connectivity index (χ0v) is 18.7. The first-order valence-electron chi connectivity index (χ1n) is 11.1. The molecule has 0 saturated carbocycles. The number of hydrogen-bond acceptors (Lipinski definition) is 6. The fraction of sp³-hybridized carbons (Fsp3) is 0.417. The number of hydrogen-bond donors (Lipinski definition) is 6. The Balaban J connectivity index is 1.35. The van der Waals surface area contributed by atoms with Crippen molar-refractivity contribution in [2.45, 2.75) is 25.7 Å². The number of unbranched alkanes of at least 4 members (excludes halogenated alkanes) is 2. The summed E-state index contributed by atoms with van der Waals surface area (Å²) < 4.78 is 11.4. The van der Waals surface area contributed by atoms with Gasteiger partial charge in [-0.3, -0.25) is 10.8 Å². The Bertz CT molecular complexity index is 739. The third-order valence-electron chi connectivity index (χ3n) is 4.84. The van der Waals surface area contributed by atoms with Crippen molar-refractivity contribution in [1.82, 2.24) is 10.6 Å². The fourth-order valence-corrected chi connectivity index (χ4v) is 2.97. The molecule has 8 nitrogen and oxygen atoms in total. The van der Waals surface area contributed by atoms with Crippen molar-refractivity contribution in [3.05, 3.63) is 59.7 Å². The van der Waals surface area contributed by atoms with Gasteiger partial charge < -0.3 is 31.6 Å². The molecule has 0 unspecified atom stereocenters. The lowest BCUT2D eigenvalue weighted by molar-refractivity contribution is 0.304. The summed E-state index contributed by atoms with van der Waals surface area (Å²) in [5, 5.41) is 21.6. The molecule has 0 bridgehead atoms. The summed E-state index contributed by atoms with van der Waals surface area (Å²) in [5.41, 5.74) is 12.3. The molecule has 0 amide bonds. The molecule has 8 N–H and O–H groups in total. The van der Waals surface area contributed by atoms with Gasteiger partial charge in [-0.05, 0) is 87.3 Å². The second-order valence-electron chi connectivity index (χ2n) is 7.49. The minimum Gasteiger partial charge on any atom is -0.494 e. The van der Waals surface area contributed by atoms with Crippen molar-refractivity contribution < 1.29 is 9.47 Å². The molecule has 0 heterocycles. The highest BCUT2D eigenvalue weighted by molar-refractivity contribution is 5.95. The molecule has 0 atom stereocenters. The van der Waals surface area contributed by atoms with E-state index in [1.807, 2.05) is 24.3 Å². The highest BCUT2D eigenvalue weighted by atomic mass is 16.5. The maximum atomic E-state index is 7.38. The Morgan fingerprint density at radius 2 is 0.969 bits per heavy atom. The summed E-state index contributed by atoms with van der Waals surface area (Å²) >= 11 is 0. The average Bonchev–Trinajstić information content (AvgIpc) is 2.80. The van der Waals surface area contributed by atoms with Crippen molar-refractivity contribution >= 4 is 11.7 Å². The molecule has 2 aromatic rings. The van der Waals surface area contributed by atoms with E-state index >= 15 is 0 Å². The molecule has 0 radical (unpaired) electrons. The molecular weight excluding hydrogens is 404 g/mol. The normalized spacial score (nSPS) is 10.6. The second-order valence-corrected chi connectivity index (χ2v) is 7.49. The second kappa shape index (κ2) is 14.8. The van der Waals surface area contributed by atoms with E-state index in [2.05, 4.69) is 10.6 Å². The molecule has 8 heteroatoms. The number of benzene rings is 2. The molecular formula is C24H36N6O2. The topological polar surface area (TPSA) is 142 Å². The van der Waals surface area contributed by atoms with Crippen molar-refractivity contribution in [2.24, 2.45) is 11.5 Å². The molecule has 0 fully saturated rings. The van der Waals surface area contributed by atoms with Crippen LogP contribution < -0.4 is 31.6 Å². The smallest absolute Gasteiger partial charge is 0.122 e. The van der Waals surface area contributed by atoms with E-state index in [-0.39, 0.29) is 11.7 Å². The zero-order valence-electron chi connectivity index (χ0n) is 18.7.